The molecule has 2 aromatic rings. The molecule has 0 fully saturated rings. The topological polar surface area (TPSA) is 26.0 Å². The molecule has 2 rings (SSSR count). The minimum Gasteiger partial charge on any atom is -0.320 e. The van der Waals surface area contributed by atoms with Gasteiger partial charge in [-0.05, 0) is 48.1 Å². The molecule has 2 N–H and O–H groups in total. The van der Waals surface area contributed by atoms with Crippen LogP contribution < -0.4 is 5.73 Å². The summed E-state index contributed by atoms with van der Waals surface area (Å²) in [6, 6.07) is 8.41. The Hall–Kier alpha value is -0.640. The van der Waals surface area contributed by atoms with E-state index in [0.29, 0.717) is 0 Å². The van der Waals surface area contributed by atoms with Gasteiger partial charge in [-0.15, -0.1) is 11.3 Å². The van der Waals surface area contributed by atoms with Gasteiger partial charge in [0.2, 0.25) is 0 Å². The summed E-state index contributed by atoms with van der Waals surface area (Å²) in [6.45, 7) is 4.18. The highest BCUT2D eigenvalue weighted by Crippen LogP contribution is 2.29. The molecule has 84 valence electrons. The fourth-order valence-electron chi connectivity index (χ4n) is 1.69. The SMILES string of the molecule is Cc1ccc(C(N)c2csc(C)c2)c(Br)c1. The van der Waals surface area contributed by atoms with Crippen molar-refractivity contribution in [3.8, 4) is 0 Å². The fraction of sp³-hybridized carbons (Fsp3) is 0.231. The van der Waals surface area contributed by atoms with Crippen molar-refractivity contribution in [1.82, 2.24) is 0 Å². The van der Waals surface area contributed by atoms with Gasteiger partial charge in [-0.1, -0.05) is 28.1 Å². The first-order valence-corrected chi connectivity index (χ1v) is 6.82. The first-order valence-electron chi connectivity index (χ1n) is 5.14. The Kier molecular flexibility index (Phi) is 3.47. The van der Waals surface area contributed by atoms with Crippen molar-refractivity contribution in [2.45, 2.75) is 19.9 Å². The van der Waals surface area contributed by atoms with Gasteiger partial charge in [0.1, 0.15) is 0 Å². The number of hydrogen-bond acceptors (Lipinski definition) is 2. The van der Waals surface area contributed by atoms with E-state index in [0.717, 1.165) is 10.0 Å². The van der Waals surface area contributed by atoms with Crippen molar-refractivity contribution in [3.05, 3.63) is 55.7 Å². The van der Waals surface area contributed by atoms with Gasteiger partial charge < -0.3 is 5.73 Å². The zero-order valence-electron chi connectivity index (χ0n) is 9.33. The molecular formula is C13H14BrNS. The highest BCUT2D eigenvalue weighted by Gasteiger charge is 2.13. The van der Waals surface area contributed by atoms with Crippen LogP contribution in [0.2, 0.25) is 0 Å². The quantitative estimate of drug-likeness (QED) is 0.884. The summed E-state index contributed by atoms with van der Waals surface area (Å²) >= 11 is 5.32. The highest BCUT2D eigenvalue weighted by atomic mass is 79.9. The van der Waals surface area contributed by atoms with E-state index in [1.807, 2.05) is 0 Å². The van der Waals surface area contributed by atoms with Crippen molar-refractivity contribution in [2.24, 2.45) is 5.73 Å². The summed E-state index contributed by atoms with van der Waals surface area (Å²) in [4.78, 5) is 1.30. The lowest BCUT2D eigenvalue weighted by molar-refractivity contribution is 0.869. The van der Waals surface area contributed by atoms with Gasteiger partial charge in [0.15, 0.2) is 0 Å². The van der Waals surface area contributed by atoms with Crippen LogP contribution in [0.4, 0.5) is 0 Å². The number of rotatable bonds is 2. The molecule has 1 atom stereocenters. The van der Waals surface area contributed by atoms with Gasteiger partial charge in [-0.3, -0.25) is 0 Å². The average Bonchev–Trinajstić information content (AvgIpc) is 2.64. The lowest BCUT2D eigenvalue weighted by atomic mass is 10.0. The fourth-order valence-corrected chi connectivity index (χ4v) is 3.17. The highest BCUT2D eigenvalue weighted by molar-refractivity contribution is 9.10. The smallest absolute Gasteiger partial charge is 0.0571 e. The third-order valence-corrected chi connectivity index (χ3v) is 4.17. The molecule has 16 heavy (non-hydrogen) atoms. The standard InChI is InChI=1S/C13H14BrNS/c1-8-3-4-11(12(14)5-8)13(15)10-6-9(2)16-7-10/h3-7,13H,15H2,1-2H3. The van der Waals surface area contributed by atoms with Crippen molar-refractivity contribution in [1.29, 1.82) is 0 Å². The van der Waals surface area contributed by atoms with E-state index >= 15 is 0 Å². The number of halogens is 1. The summed E-state index contributed by atoms with van der Waals surface area (Å²) in [6.07, 6.45) is 0. The van der Waals surface area contributed by atoms with E-state index in [-0.39, 0.29) is 6.04 Å². The molecule has 1 unspecified atom stereocenters. The third kappa shape index (κ3) is 2.37. The van der Waals surface area contributed by atoms with E-state index in [9.17, 15) is 0 Å². The first-order chi connectivity index (χ1) is 7.58. The molecule has 0 saturated carbocycles. The van der Waals surface area contributed by atoms with Crippen LogP contribution in [-0.2, 0) is 0 Å². The monoisotopic (exact) mass is 295 g/mol. The molecule has 0 aliphatic rings. The third-order valence-electron chi connectivity index (χ3n) is 2.60. The molecule has 1 aromatic heterocycles. The number of aryl methyl sites for hydroxylation is 2. The predicted octanol–water partition coefficient (Wildman–Crippen LogP) is 4.18. The molecule has 3 heteroatoms. The van der Waals surface area contributed by atoms with Crippen LogP contribution in [0.15, 0.2) is 34.1 Å². The van der Waals surface area contributed by atoms with Gasteiger partial charge in [-0.25, -0.2) is 0 Å². The lowest BCUT2D eigenvalue weighted by Gasteiger charge is -2.13. The minimum absolute atomic E-state index is 0.0417. The molecule has 0 amide bonds. The summed E-state index contributed by atoms with van der Waals surface area (Å²) in [7, 11) is 0. The Bertz CT molecular complexity index is 504. The van der Waals surface area contributed by atoms with E-state index < -0.39 is 0 Å². The van der Waals surface area contributed by atoms with E-state index in [2.05, 4.69) is 59.4 Å². The van der Waals surface area contributed by atoms with Gasteiger partial charge in [0, 0.05) is 9.35 Å². The molecule has 0 aliphatic heterocycles. The summed E-state index contributed by atoms with van der Waals surface area (Å²) in [5.41, 5.74) is 9.83. The maximum Gasteiger partial charge on any atom is 0.0571 e. The summed E-state index contributed by atoms with van der Waals surface area (Å²) in [5.74, 6) is 0. The molecule has 0 radical (unpaired) electrons. The van der Waals surface area contributed by atoms with Crippen LogP contribution in [0.25, 0.3) is 0 Å². The normalized spacial score (nSPS) is 12.8. The van der Waals surface area contributed by atoms with Crippen LogP contribution in [-0.4, -0.2) is 0 Å². The number of thiophene rings is 1. The molecule has 1 nitrogen and oxygen atoms in total. The number of nitrogens with two attached hydrogens (primary N) is 1. The summed E-state index contributed by atoms with van der Waals surface area (Å²) in [5, 5.41) is 2.13. The van der Waals surface area contributed by atoms with Crippen LogP contribution in [0.3, 0.4) is 0 Å². The molecule has 0 bridgehead atoms. The Labute approximate surface area is 108 Å². The Morgan fingerprint density at radius 3 is 2.56 bits per heavy atom. The van der Waals surface area contributed by atoms with Crippen molar-refractivity contribution in [2.75, 3.05) is 0 Å². The second-order valence-electron chi connectivity index (χ2n) is 3.99. The van der Waals surface area contributed by atoms with Gasteiger partial charge in [0.25, 0.3) is 0 Å². The molecule has 0 saturated heterocycles. The zero-order valence-corrected chi connectivity index (χ0v) is 11.7. The van der Waals surface area contributed by atoms with E-state index in [4.69, 9.17) is 5.73 Å². The zero-order chi connectivity index (χ0) is 11.7. The second-order valence-corrected chi connectivity index (χ2v) is 5.96. The van der Waals surface area contributed by atoms with Crippen LogP contribution in [0.1, 0.15) is 27.6 Å². The minimum atomic E-state index is -0.0417. The molecule has 0 aliphatic carbocycles. The molecule has 1 aromatic carbocycles. The maximum absolute atomic E-state index is 6.26. The first kappa shape index (κ1) is 11.8. The second kappa shape index (κ2) is 4.70. The molecule has 0 spiro atoms. The van der Waals surface area contributed by atoms with Crippen LogP contribution in [0, 0.1) is 13.8 Å². The number of hydrogen-bond donors (Lipinski definition) is 1. The van der Waals surface area contributed by atoms with Gasteiger partial charge >= 0.3 is 0 Å². The van der Waals surface area contributed by atoms with E-state index in [1.165, 1.54) is 16.0 Å². The van der Waals surface area contributed by atoms with Crippen molar-refractivity contribution < 1.29 is 0 Å². The Morgan fingerprint density at radius 1 is 1.25 bits per heavy atom. The van der Waals surface area contributed by atoms with Gasteiger partial charge in [-0.2, -0.15) is 0 Å². The Morgan fingerprint density at radius 2 is 2.00 bits per heavy atom. The average molecular weight is 296 g/mol. The number of benzene rings is 1. The molecular weight excluding hydrogens is 282 g/mol. The predicted molar refractivity (Wildman–Crippen MR) is 74.0 cm³/mol. The summed E-state index contributed by atoms with van der Waals surface area (Å²) < 4.78 is 1.09. The Balaban J connectivity index is 2.37. The van der Waals surface area contributed by atoms with Crippen molar-refractivity contribution in [3.63, 3.8) is 0 Å². The van der Waals surface area contributed by atoms with Crippen LogP contribution in [0.5, 0.6) is 0 Å². The van der Waals surface area contributed by atoms with Crippen molar-refractivity contribution >= 4 is 27.3 Å². The lowest BCUT2D eigenvalue weighted by Crippen LogP contribution is -2.11. The maximum atomic E-state index is 6.26. The van der Waals surface area contributed by atoms with Crippen LogP contribution >= 0.6 is 27.3 Å². The van der Waals surface area contributed by atoms with E-state index in [1.54, 1.807) is 11.3 Å². The molecule has 1 heterocycles. The van der Waals surface area contributed by atoms with Gasteiger partial charge in [0.05, 0.1) is 6.04 Å². The largest absolute Gasteiger partial charge is 0.320 e.